The van der Waals surface area contributed by atoms with E-state index in [1.807, 2.05) is 0 Å². The van der Waals surface area contributed by atoms with Crippen LogP contribution in [0.3, 0.4) is 0 Å². The molecule has 0 bridgehead atoms. The van der Waals surface area contributed by atoms with Gasteiger partial charge in [-0.25, -0.2) is 13.1 Å². The highest BCUT2D eigenvalue weighted by Crippen LogP contribution is 2.29. The first kappa shape index (κ1) is 16.4. The van der Waals surface area contributed by atoms with Crippen molar-refractivity contribution >= 4 is 15.9 Å². The third kappa shape index (κ3) is 4.72. The van der Waals surface area contributed by atoms with Gasteiger partial charge in [0.25, 0.3) is 0 Å². The summed E-state index contributed by atoms with van der Waals surface area (Å²) in [5, 5.41) is 5.90. The average molecular weight is 293 g/mol. The number of carbonyl (C=O) groups is 1. The van der Waals surface area contributed by atoms with Crippen molar-refractivity contribution in [1.82, 2.24) is 15.4 Å². The maximum atomic E-state index is 12.3. The van der Waals surface area contributed by atoms with E-state index in [9.17, 15) is 13.2 Å². The fourth-order valence-electron chi connectivity index (χ4n) is 2.21. The van der Waals surface area contributed by atoms with Crippen LogP contribution in [0.25, 0.3) is 0 Å². The van der Waals surface area contributed by atoms with E-state index in [1.54, 1.807) is 7.11 Å². The van der Waals surface area contributed by atoms with Crippen LogP contribution in [0.1, 0.15) is 12.8 Å². The number of amides is 1. The minimum atomic E-state index is -3.29. The van der Waals surface area contributed by atoms with Crippen LogP contribution >= 0.6 is 0 Å². The summed E-state index contributed by atoms with van der Waals surface area (Å²) in [6.45, 7) is 2.01. The summed E-state index contributed by atoms with van der Waals surface area (Å²) in [5.74, 6) is -0.238. The zero-order valence-corrected chi connectivity index (χ0v) is 12.3. The van der Waals surface area contributed by atoms with Crippen molar-refractivity contribution in [1.29, 1.82) is 0 Å². The highest BCUT2D eigenvalue weighted by Gasteiger charge is 2.39. The predicted octanol–water partition coefficient (Wildman–Crippen LogP) is -1.33. The minimum absolute atomic E-state index is 0.112. The van der Waals surface area contributed by atoms with E-state index in [2.05, 4.69) is 15.4 Å². The molecule has 0 unspecified atom stereocenters. The number of carbonyl (C=O) groups excluding carboxylic acids is 1. The SMILES string of the molecule is CNS(=O)(=O)CCNC(=O)C1(COC)CCNCC1. The van der Waals surface area contributed by atoms with Crippen LogP contribution in [0.2, 0.25) is 0 Å². The fourth-order valence-corrected chi connectivity index (χ4v) is 2.78. The number of hydrogen-bond acceptors (Lipinski definition) is 5. The summed E-state index contributed by atoms with van der Waals surface area (Å²) in [6, 6.07) is 0. The van der Waals surface area contributed by atoms with Gasteiger partial charge in [0.1, 0.15) is 0 Å². The highest BCUT2D eigenvalue weighted by molar-refractivity contribution is 7.89. The summed E-state index contributed by atoms with van der Waals surface area (Å²) >= 11 is 0. The van der Waals surface area contributed by atoms with E-state index in [0.29, 0.717) is 19.4 Å². The number of rotatable bonds is 7. The van der Waals surface area contributed by atoms with Gasteiger partial charge in [-0.15, -0.1) is 0 Å². The molecular formula is C11H23N3O4S. The molecule has 0 aliphatic carbocycles. The predicted molar refractivity (Wildman–Crippen MR) is 72.3 cm³/mol. The van der Waals surface area contributed by atoms with Gasteiger partial charge in [0, 0.05) is 13.7 Å². The highest BCUT2D eigenvalue weighted by atomic mass is 32.2. The minimum Gasteiger partial charge on any atom is -0.384 e. The lowest BCUT2D eigenvalue weighted by atomic mass is 9.78. The Balaban J connectivity index is 2.53. The topological polar surface area (TPSA) is 96.5 Å². The summed E-state index contributed by atoms with van der Waals surface area (Å²) in [7, 11) is -0.357. The Morgan fingerprint density at radius 3 is 2.53 bits per heavy atom. The molecule has 0 atom stereocenters. The first-order valence-electron chi connectivity index (χ1n) is 6.35. The second-order valence-corrected chi connectivity index (χ2v) is 6.79. The molecule has 0 saturated carbocycles. The van der Waals surface area contributed by atoms with Gasteiger partial charge in [0.15, 0.2) is 0 Å². The molecule has 0 aromatic heterocycles. The normalized spacial score (nSPS) is 19.1. The lowest BCUT2D eigenvalue weighted by Crippen LogP contribution is -2.51. The molecule has 0 spiro atoms. The summed E-state index contributed by atoms with van der Waals surface area (Å²) in [5.41, 5.74) is -0.538. The van der Waals surface area contributed by atoms with Crippen molar-refractivity contribution in [3.63, 3.8) is 0 Å². The van der Waals surface area contributed by atoms with Gasteiger partial charge in [-0.2, -0.15) is 0 Å². The Morgan fingerprint density at radius 2 is 2.00 bits per heavy atom. The molecule has 1 saturated heterocycles. The van der Waals surface area contributed by atoms with E-state index >= 15 is 0 Å². The lowest BCUT2D eigenvalue weighted by molar-refractivity contribution is -0.136. The second-order valence-electron chi connectivity index (χ2n) is 4.74. The zero-order valence-electron chi connectivity index (χ0n) is 11.5. The second kappa shape index (κ2) is 7.18. The van der Waals surface area contributed by atoms with Gasteiger partial charge < -0.3 is 15.4 Å². The number of methoxy groups -OCH3 is 1. The van der Waals surface area contributed by atoms with Crippen LogP contribution < -0.4 is 15.4 Å². The number of piperidine rings is 1. The van der Waals surface area contributed by atoms with Crippen molar-refractivity contribution in [3.8, 4) is 0 Å². The molecule has 3 N–H and O–H groups in total. The lowest BCUT2D eigenvalue weighted by Gasteiger charge is -2.35. The number of hydrogen-bond donors (Lipinski definition) is 3. The van der Waals surface area contributed by atoms with Crippen molar-refractivity contribution < 1.29 is 17.9 Å². The largest absolute Gasteiger partial charge is 0.384 e. The van der Waals surface area contributed by atoms with Crippen molar-refractivity contribution in [2.45, 2.75) is 12.8 Å². The number of sulfonamides is 1. The molecule has 1 amide bonds. The molecule has 0 aromatic carbocycles. The van der Waals surface area contributed by atoms with Crippen molar-refractivity contribution in [2.75, 3.05) is 46.2 Å². The molecule has 1 aliphatic rings. The van der Waals surface area contributed by atoms with Gasteiger partial charge >= 0.3 is 0 Å². The van der Waals surface area contributed by atoms with Crippen molar-refractivity contribution in [3.05, 3.63) is 0 Å². The van der Waals surface area contributed by atoms with Crippen LogP contribution in [-0.2, 0) is 19.6 Å². The first-order valence-corrected chi connectivity index (χ1v) is 8.00. The monoisotopic (exact) mass is 293 g/mol. The van der Waals surface area contributed by atoms with E-state index in [-0.39, 0.29) is 18.2 Å². The molecule has 7 nitrogen and oxygen atoms in total. The van der Waals surface area contributed by atoms with E-state index in [4.69, 9.17) is 4.74 Å². The van der Waals surface area contributed by atoms with Gasteiger partial charge in [0.2, 0.25) is 15.9 Å². The van der Waals surface area contributed by atoms with Gasteiger partial charge in [0.05, 0.1) is 17.8 Å². The maximum Gasteiger partial charge on any atom is 0.228 e. The van der Waals surface area contributed by atoms with Crippen LogP contribution in [0, 0.1) is 5.41 Å². The van der Waals surface area contributed by atoms with Crippen LogP contribution in [0.15, 0.2) is 0 Å². The molecule has 0 radical (unpaired) electrons. The Labute approximate surface area is 114 Å². The smallest absolute Gasteiger partial charge is 0.228 e. The molecule has 0 aromatic rings. The van der Waals surface area contributed by atoms with Crippen molar-refractivity contribution in [2.24, 2.45) is 5.41 Å². The summed E-state index contributed by atoms with van der Waals surface area (Å²) in [4.78, 5) is 12.3. The van der Waals surface area contributed by atoms with E-state index in [0.717, 1.165) is 13.1 Å². The fraction of sp³-hybridized carbons (Fsp3) is 0.909. The van der Waals surface area contributed by atoms with E-state index < -0.39 is 15.4 Å². The Hall–Kier alpha value is -0.700. The Bertz CT molecular complexity index is 385. The Morgan fingerprint density at radius 1 is 1.37 bits per heavy atom. The average Bonchev–Trinajstić information content (AvgIpc) is 2.40. The number of nitrogens with one attached hydrogen (secondary N) is 3. The zero-order chi connectivity index (χ0) is 14.4. The molecule has 1 fully saturated rings. The summed E-state index contributed by atoms with van der Waals surface area (Å²) in [6.07, 6.45) is 1.40. The Kier molecular flexibility index (Phi) is 6.18. The molecule has 1 heterocycles. The van der Waals surface area contributed by atoms with E-state index in [1.165, 1.54) is 7.05 Å². The quantitative estimate of drug-likeness (QED) is 0.540. The van der Waals surface area contributed by atoms with Crippen LogP contribution in [-0.4, -0.2) is 60.5 Å². The number of ether oxygens (including phenoxy) is 1. The van der Waals surface area contributed by atoms with Gasteiger partial charge in [-0.3, -0.25) is 4.79 Å². The third-order valence-electron chi connectivity index (χ3n) is 3.43. The van der Waals surface area contributed by atoms with Gasteiger partial charge in [-0.1, -0.05) is 0 Å². The maximum absolute atomic E-state index is 12.3. The molecule has 112 valence electrons. The molecule has 8 heteroatoms. The third-order valence-corrected chi connectivity index (χ3v) is 4.79. The van der Waals surface area contributed by atoms with Gasteiger partial charge in [-0.05, 0) is 33.0 Å². The van der Waals surface area contributed by atoms with Crippen LogP contribution in [0.5, 0.6) is 0 Å². The molecule has 19 heavy (non-hydrogen) atoms. The summed E-state index contributed by atoms with van der Waals surface area (Å²) < 4.78 is 29.9. The molecule has 1 rings (SSSR count). The molecule has 1 aliphatic heterocycles. The first-order chi connectivity index (χ1) is 8.96. The molecular weight excluding hydrogens is 270 g/mol. The standard InChI is InChI=1S/C11H23N3O4S/c1-12-19(16,17)8-7-14-10(15)11(9-18-2)3-5-13-6-4-11/h12-13H,3-9H2,1-2H3,(H,14,15). The van der Waals surface area contributed by atoms with Crippen LogP contribution in [0.4, 0.5) is 0 Å².